The summed E-state index contributed by atoms with van der Waals surface area (Å²) in [5.41, 5.74) is 0.799. The van der Waals surface area contributed by atoms with E-state index in [-0.39, 0.29) is 5.75 Å². The third-order valence-electron chi connectivity index (χ3n) is 2.26. The van der Waals surface area contributed by atoms with E-state index in [0.29, 0.717) is 10.6 Å². The number of hydrogen-bond acceptors (Lipinski definition) is 5. The molecule has 6 nitrogen and oxygen atoms in total. The maximum atomic E-state index is 9.49. The summed E-state index contributed by atoms with van der Waals surface area (Å²) in [5.74, 6) is 0.534. The van der Waals surface area contributed by atoms with Crippen molar-refractivity contribution < 1.29 is 10.2 Å². The quantitative estimate of drug-likeness (QED) is 0.580. The molecule has 0 fully saturated rings. The SMILES string of the molecule is CC(O)c1n[nH]c(=S)n1N=Cc1ccc(O)cc1. The van der Waals surface area contributed by atoms with Crippen LogP contribution in [0, 0.1) is 4.77 Å². The van der Waals surface area contributed by atoms with Gasteiger partial charge in [-0.05, 0) is 49.0 Å². The number of nitrogens with one attached hydrogen (secondary N) is 1. The van der Waals surface area contributed by atoms with Gasteiger partial charge in [0.15, 0.2) is 5.82 Å². The van der Waals surface area contributed by atoms with E-state index in [4.69, 9.17) is 17.3 Å². The Balaban J connectivity index is 2.31. The number of phenolic OH excluding ortho intramolecular Hbond substituents is 1. The molecule has 0 saturated carbocycles. The molecule has 0 saturated heterocycles. The summed E-state index contributed by atoms with van der Waals surface area (Å²) in [5, 5.41) is 29.2. The first-order chi connectivity index (χ1) is 8.58. The zero-order chi connectivity index (χ0) is 13.1. The number of aliphatic hydroxyl groups excluding tert-OH is 1. The number of H-pyrrole nitrogens is 1. The van der Waals surface area contributed by atoms with Crippen LogP contribution in [0.4, 0.5) is 0 Å². The fourth-order valence-electron chi connectivity index (χ4n) is 1.37. The molecule has 0 aliphatic rings. The normalized spacial score (nSPS) is 13.0. The van der Waals surface area contributed by atoms with Crippen LogP contribution in [0.2, 0.25) is 0 Å². The van der Waals surface area contributed by atoms with Crippen LogP contribution >= 0.6 is 12.2 Å². The second kappa shape index (κ2) is 5.11. The minimum absolute atomic E-state index is 0.191. The van der Waals surface area contributed by atoms with Crippen LogP contribution in [0.5, 0.6) is 5.75 Å². The lowest BCUT2D eigenvalue weighted by Gasteiger charge is -2.02. The number of hydrogen-bond donors (Lipinski definition) is 3. The highest BCUT2D eigenvalue weighted by molar-refractivity contribution is 7.71. The summed E-state index contributed by atoms with van der Waals surface area (Å²) in [7, 11) is 0. The molecule has 1 unspecified atom stereocenters. The molecule has 94 valence electrons. The van der Waals surface area contributed by atoms with Gasteiger partial charge in [0.2, 0.25) is 4.77 Å². The summed E-state index contributed by atoms with van der Waals surface area (Å²) >= 11 is 5.01. The van der Waals surface area contributed by atoms with Gasteiger partial charge in [-0.3, -0.25) is 5.10 Å². The third-order valence-corrected chi connectivity index (χ3v) is 2.53. The molecule has 2 aromatic rings. The molecule has 0 bridgehead atoms. The first-order valence-corrected chi connectivity index (χ1v) is 5.67. The highest BCUT2D eigenvalue weighted by Gasteiger charge is 2.10. The van der Waals surface area contributed by atoms with Gasteiger partial charge in [0, 0.05) is 0 Å². The van der Waals surface area contributed by atoms with E-state index in [9.17, 15) is 5.11 Å². The Morgan fingerprint density at radius 1 is 1.44 bits per heavy atom. The van der Waals surface area contributed by atoms with Crippen molar-refractivity contribution in [3.8, 4) is 5.75 Å². The van der Waals surface area contributed by atoms with Gasteiger partial charge >= 0.3 is 0 Å². The molecule has 1 atom stereocenters. The molecule has 0 spiro atoms. The Morgan fingerprint density at radius 3 is 2.72 bits per heavy atom. The van der Waals surface area contributed by atoms with Crippen LogP contribution in [-0.4, -0.2) is 31.3 Å². The van der Waals surface area contributed by atoms with Gasteiger partial charge in [-0.15, -0.1) is 0 Å². The molecular weight excluding hydrogens is 252 g/mol. The van der Waals surface area contributed by atoms with Gasteiger partial charge < -0.3 is 10.2 Å². The van der Waals surface area contributed by atoms with E-state index in [1.807, 2.05) is 0 Å². The molecule has 0 amide bonds. The zero-order valence-corrected chi connectivity index (χ0v) is 10.4. The highest BCUT2D eigenvalue weighted by Crippen LogP contribution is 2.10. The van der Waals surface area contributed by atoms with Gasteiger partial charge in [0.25, 0.3) is 0 Å². The fraction of sp³-hybridized carbons (Fsp3) is 0.182. The minimum atomic E-state index is -0.769. The lowest BCUT2D eigenvalue weighted by atomic mass is 10.2. The average molecular weight is 264 g/mol. The maximum Gasteiger partial charge on any atom is 0.216 e. The number of aromatic hydroxyl groups is 1. The summed E-state index contributed by atoms with van der Waals surface area (Å²) in [4.78, 5) is 0. The predicted molar refractivity (Wildman–Crippen MR) is 69.1 cm³/mol. The van der Waals surface area contributed by atoms with Crippen LogP contribution in [-0.2, 0) is 0 Å². The monoisotopic (exact) mass is 264 g/mol. The van der Waals surface area contributed by atoms with Gasteiger partial charge in [-0.2, -0.15) is 14.9 Å². The molecule has 1 aromatic carbocycles. The molecule has 1 aromatic heterocycles. The van der Waals surface area contributed by atoms with Crippen LogP contribution in [0.15, 0.2) is 29.4 Å². The minimum Gasteiger partial charge on any atom is -0.508 e. The van der Waals surface area contributed by atoms with Crippen molar-refractivity contribution in [2.24, 2.45) is 5.10 Å². The molecule has 3 N–H and O–H groups in total. The summed E-state index contributed by atoms with van der Waals surface area (Å²) in [6.45, 7) is 1.58. The number of rotatable bonds is 3. The molecule has 0 radical (unpaired) electrons. The Kier molecular flexibility index (Phi) is 3.54. The molecule has 2 rings (SSSR count). The lowest BCUT2D eigenvalue weighted by Crippen LogP contribution is -2.02. The lowest BCUT2D eigenvalue weighted by molar-refractivity contribution is 0.184. The predicted octanol–water partition coefficient (Wildman–Crippen LogP) is 1.58. The second-order valence-corrected chi connectivity index (χ2v) is 4.10. The summed E-state index contributed by atoms with van der Waals surface area (Å²) in [6, 6.07) is 6.55. The molecular formula is C11H12N4O2S. The van der Waals surface area contributed by atoms with Crippen LogP contribution in [0.25, 0.3) is 0 Å². The second-order valence-electron chi connectivity index (χ2n) is 3.71. The standard InChI is InChI=1S/C11H12N4O2S/c1-7(16)10-13-14-11(18)15(10)12-6-8-2-4-9(17)5-3-8/h2-7,16-17H,1H3,(H,14,18). The average Bonchev–Trinajstić information content (AvgIpc) is 2.70. The summed E-state index contributed by atoms with van der Waals surface area (Å²) in [6.07, 6.45) is 0.798. The molecule has 18 heavy (non-hydrogen) atoms. The molecule has 0 aliphatic heterocycles. The Hall–Kier alpha value is -1.99. The van der Waals surface area contributed by atoms with Crippen molar-refractivity contribution in [3.05, 3.63) is 40.4 Å². The largest absolute Gasteiger partial charge is 0.508 e. The van der Waals surface area contributed by atoms with Gasteiger partial charge in [0.05, 0.1) is 6.21 Å². The van der Waals surface area contributed by atoms with Crippen molar-refractivity contribution in [3.63, 3.8) is 0 Å². The molecule has 0 aliphatic carbocycles. The van der Waals surface area contributed by atoms with E-state index in [2.05, 4.69) is 15.3 Å². The van der Waals surface area contributed by atoms with E-state index in [1.165, 1.54) is 4.68 Å². The maximum absolute atomic E-state index is 9.49. The zero-order valence-electron chi connectivity index (χ0n) is 9.61. The molecule has 7 heteroatoms. The number of aliphatic hydroxyl groups is 1. The smallest absolute Gasteiger partial charge is 0.216 e. The van der Waals surface area contributed by atoms with Crippen molar-refractivity contribution in [1.29, 1.82) is 0 Å². The van der Waals surface area contributed by atoms with Crippen LogP contribution < -0.4 is 0 Å². The first-order valence-electron chi connectivity index (χ1n) is 5.26. The third kappa shape index (κ3) is 2.63. The Morgan fingerprint density at radius 2 is 2.11 bits per heavy atom. The van der Waals surface area contributed by atoms with E-state index < -0.39 is 6.10 Å². The Bertz CT molecular complexity index is 613. The van der Waals surface area contributed by atoms with E-state index in [0.717, 1.165) is 5.56 Å². The van der Waals surface area contributed by atoms with E-state index in [1.54, 1.807) is 37.4 Å². The Labute approximate surface area is 108 Å². The van der Waals surface area contributed by atoms with Crippen LogP contribution in [0.1, 0.15) is 24.4 Å². The molecule has 1 heterocycles. The highest BCUT2D eigenvalue weighted by atomic mass is 32.1. The number of nitrogens with zero attached hydrogens (tertiary/aromatic N) is 3. The fourth-order valence-corrected chi connectivity index (χ4v) is 1.56. The number of aromatic nitrogens is 3. The first kappa shape index (κ1) is 12.5. The van der Waals surface area contributed by atoms with Gasteiger partial charge in [-0.25, -0.2) is 0 Å². The van der Waals surface area contributed by atoms with Gasteiger partial charge in [0.1, 0.15) is 11.9 Å². The number of benzene rings is 1. The van der Waals surface area contributed by atoms with Crippen molar-refractivity contribution in [2.75, 3.05) is 0 Å². The van der Waals surface area contributed by atoms with Crippen molar-refractivity contribution in [2.45, 2.75) is 13.0 Å². The van der Waals surface area contributed by atoms with Crippen molar-refractivity contribution in [1.82, 2.24) is 14.9 Å². The van der Waals surface area contributed by atoms with E-state index >= 15 is 0 Å². The topological polar surface area (TPSA) is 86.4 Å². The number of phenols is 1. The van der Waals surface area contributed by atoms with Gasteiger partial charge in [-0.1, -0.05) is 0 Å². The number of aromatic amines is 1. The van der Waals surface area contributed by atoms with Crippen molar-refractivity contribution >= 4 is 18.4 Å². The van der Waals surface area contributed by atoms with Crippen LogP contribution in [0.3, 0.4) is 0 Å². The summed E-state index contributed by atoms with van der Waals surface area (Å²) < 4.78 is 1.66.